The second kappa shape index (κ2) is 7.84. The number of hydrogen-bond donors (Lipinski definition) is 3. The first kappa shape index (κ1) is 22.9. The van der Waals surface area contributed by atoms with Crippen LogP contribution in [0.2, 0.25) is 0 Å². The number of fused-ring (bicyclic) bond motifs is 2. The van der Waals surface area contributed by atoms with E-state index in [2.05, 4.69) is 5.32 Å². The molecule has 6 nitrogen and oxygen atoms in total. The Morgan fingerprint density at radius 3 is 2.49 bits per heavy atom. The number of para-hydroxylation sites is 1. The molecule has 2 aliphatic heterocycles. The van der Waals surface area contributed by atoms with Crippen molar-refractivity contribution in [1.29, 1.82) is 0 Å². The first-order valence-electron chi connectivity index (χ1n) is 10.9. The Morgan fingerprint density at radius 2 is 1.77 bits per heavy atom. The molecule has 1 spiro atoms. The molecular weight excluding hydrogens is 461 g/mol. The van der Waals surface area contributed by atoms with E-state index >= 15 is 0 Å². The highest BCUT2D eigenvalue weighted by Gasteiger charge is 2.64. The zero-order valence-corrected chi connectivity index (χ0v) is 18.5. The van der Waals surface area contributed by atoms with Crippen molar-refractivity contribution in [3.05, 3.63) is 89.0 Å². The molecule has 5 rings (SSSR count). The normalized spacial score (nSPS) is 23.9. The molecule has 2 aliphatic rings. The van der Waals surface area contributed by atoms with Gasteiger partial charge in [-0.05, 0) is 42.9 Å². The fourth-order valence-electron chi connectivity index (χ4n) is 5.49. The predicted octanol–water partition coefficient (Wildman–Crippen LogP) is 4.49. The van der Waals surface area contributed by atoms with Crippen LogP contribution in [-0.4, -0.2) is 40.4 Å². The van der Waals surface area contributed by atoms with E-state index in [4.69, 9.17) is 0 Å². The van der Waals surface area contributed by atoms with Crippen molar-refractivity contribution in [2.24, 2.45) is 5.92 Å². The fraction of sp³-hybridized carbons (Fsp3) is 0.231. The van der Waals surface area contributed by atoms with Crippen LogP contribution in [0.3, 0.4) is 0 Å². The summed E-state index contributed by atoms with van der Waals surface area (Å²) in [6, 6.07) is 15.2. The second-order valence-electron chi connectivity index (χ2n) is 8.92. The highest BCUT2D eigenvalue weighted by atomic mass is 19.4. The molecule has 0 aliphatic carbocycles. The van der Waals surface area contributed by atoms with Gasteiger partial charge in [0.25, 0.3) is 0 Å². The summed E-state index contributed by atoms with van der Waals surface area (Å²) in [5.41, 5.74) is -1.03. The second-order valence-corrected chi connectivity index (χ2v) is 8.92. The van der Waals surface area contributed by atoms with Gasteiger partial charge in [-0.3, -0.25) is 14.5 Å². The molecule has 0 bridgehead atoms. The number of phenolic OH excluding ortho intramolecular Hbond substituents is 2. The van der Waals surface area contributed by atoms with E-state index in [1.807, 2.05) is 0 Å². The van der Waals surface area contributed by atoms with Crippen molar-refractivity contribution in [2.75, 3.05) is 18.9 Å². The fourth-order valence-corrected chi connectivity index (χ4v) is 5.49. The van der Waals surface area contributed by atoms with Gasteiger partial charge in [-0.15, -0.1) is 0 Å². The van der Waals surface area contributed by atoms with Gasteiger partial charge in [0.2, 0.25) is 5.91 Å². The Morgan fingerprint density at radius 1 is 1.03 bits per heavy atom. The molecule has 1 amide bonds. The molecule has 1 saturated heterocycles. The summed E-state index contributed by atoms with van der Waals surface area (Å²) in [6.45, 7) is 0.210. The van der Waals surface area contributed by atoms with Crippen LogP contribution >= 0.6 is 0 Å². The average Bonchev–Trinajstić information content (AvgIpc) is 3.29. The molecule has 35 heavy (non-hydrogen) atoms. The Hall–Kier alpha value is -3.85. The smallest absolute Gasteiger partial charge is 0.416 e. The monoisotopic (exact) mass is 482 g/mol. The van der Waals surface area contributed by atoms with Crippen LogP contribution in [0.1, 0.15) is 33.0 Å². The maximum Gasteiger partial charge on any atom is 0.416 e. The summed E-state index contributed by atoms with van der Waals surface area (Å²) in [6.07, 6.45) is -4.64. The number of anilines is 1. The number of nitrogens with one attached hydrogen (secondary N) is 1. The lowest BCUT2D eigenvalue weighted by atomic mass is 9.70. The summed E-state index contributed by atoms with van der Waals surface area (Å²) >= 11 is 0. The summed E-state index contributed by atoms with van der Waals surface area (Å²) in [5.74, 6) is -3.58. The van der Waals surface area contributed by atoms with Gasteiger partial charge < -0.3 is 15.5 Å². The van der Waals surface area contributed by atoms with Crippen LogP contribution in [0.25, 0.3) is 0 Å². The Balaban J connectivity index is 1.72. The minimum atomic E-state index is -4.64. The van der Waals surface area contributed by atoms with Gasteiger partial charge in [-0.2, -0.15) is 13.2 Å². The number of amides is 1. The van der Waals surface area contributed by atoms with Gasteiger partial charge in [0, 0.05) is 29.3 Å². The number of aromatic hydroxyl groups is 2. The quantitative estimate of drug-likeness (QED) is 0.378. The Kier molecular flexibility index (Phi) is 5.14. The Bertz CT molecular complexity index is 1360. The largest absolute Gasteiger partial charge is 0.504 e. The Labute approximate surface area is 198 Å². The number of carbonyl (C=O) groups is 2. The highest BCUT2D eigenvalue weighted by molar-refractivity contribution is 6.12. The predicted molar refractivity (Wildman–Crippen MR) is 121 cm³/mol. The molecule has 0 aromatic heterocycles. The number of ketones is 1. The molecular formula is C26H21F3N2O4. The lowest BCUT2D eigenvalue weighted by molar-refractivity contribution is -0.137. The topological polar surface area (TPSA) is 89.9 Å². The lowest BCUT2D eigenvalue weighted by Gasteiger charge is -2.35. The van der Waals surface area contributed by atoms with Crippen LogP contribution in [0.15, 0.2) is 66.7 Å². The van der Waals surface area contributed by atoms with E-state index in [-0.39, 0.29) is 17.9 Å². The highest BCUT2D eigenvalue weighted by Crippen LogP contribution is 2.56. The van der Waals surface area contributed by atoms with Crippen molar-refractivity contribution in [1.82, 2.24) is 4.90 Å². The van der Waals surface area contributed by atoms with E-state index in [1.54, 1.807) is 36.2 Å². The van der Waals surface area contributed by atoms with Crippen LogP contribution in [0.4, 0.5) is 18.9 Å². The van der Waals surface area contributed by atoms with E-state index in [9.17, 15) is 33.0 Å². The number of halogens is 3. The van der Waals surface area contributed by atoms with Crippen LogP contribution in [0, 0.1) is 5.92 Å². The first-order chi connectivity index (χ1) is 16.5. The van der Waals surface area contributed by atoms with Crippen LogP contribution < -0.4 is 5.32 Å². The van der Waals surface area contributed by atoms with Crippen LogP contribution in [0.5, 0.6) is 11.5 Å². The minimum Gasteiger partial charge on any atom is -0.504 e. The van der Waals surface area contributed by atoms with Gasteiger partial charge in [-0.1, -0.05) is 36.4 Å². The molecule has 3 aromatic rings. The third-order valence-electron chi connectivity index (χ3n) is 7.04. The molecule has 2 heterocycles. The molecule has 9 heteroatoms. The molecule has 3 aromatic carbocycles. The zero-order chi connectivity index (χ0) is 25.1. The number of nitrogens with zero attached hydrogens (tertiary/aromatic N) is 1. The number of carbonyl (C=O) groups excluding carboxylic acids is 2. The molecule has 180 valence electrons. The van der Waals surface area contributed by atoms with Crippen molar-refractivity contribution < 1.29 is 33.0 Å². The van der Waals surface area contributed by atoms with E-state index in [0.29, 0.717) is 16.8 Å². The third-order valence-corrected chi connectivity index (χ3v) is 7.04. The van der Waals surface area contributed by atoms with Gasteiger partial charge in [0.1, 0.15) is 5.54 Å². The number of alkyl halides is 3. The lowest BCUT2D eigenvalue weighted by Crippen LogP contribution is -2.51. The molecule has 1 fully saturated rings. The zero-order valence-electron chi connectivity index (χ0n) is 18.5. The van der Waals surface area contributed by atoms with E-state index < -0.39 is 46.6 Å². The standard InChI is InChI=1S/C26H21F3N2O4/c1-31-13-17(14-9-10-20(32)21(33)12-14)22(23(34)15-5-4-6-16(11-15)26(27,28)29)25(31)18-7-2-3-8-19(18)30-24(25)35/h2-12,17,22,32-33H,13H2,1H3,(H,30,35). The van der Waals surface area contributed by atoms with Gasteiger partial charge in [-0.25, -0.2) is 0 Å². The maximum atomic E-state index is 14.0. The number of phenols is 2. The number of likely N-dealkylation sites (tertiary alicyclic amines) is 1. The number of Topliss-reactive ketones (excluding diaryl/α,β-unsaturated/α-hetero) is 1. The summed E-state index contributed by atoms with van der Waals surface area (Å²) in [4.78, 5) is 29.3. The molecule has 0 saturated carbocycles. The van der Waals surface area contributed by atoms with Gasteiger partial charge in [0.15, 0.2) is 17.3 Å². The van der Waals surface area contributed by atoms with Crippen LogP contribution in [-0.2, 0) is 16.5 Å². The molecule has 3 N–H and O–H groups in total. The van der Waals surface area contributed by atoms with Crippen molar-refractivity contribution in [3.63, 3.8) is 0 Å². The number of rotatable bonds is 3. The summed E-state index contributed by atoms with van der Waals surface area (Å²) in [7, 11) is 1.69. The summed E-state index contributed by atoms with van der Waals surface area (Å²) in [5, 5.41) is 22.7. The SMILES string of the molecule is CN1CC(c2ccc(O)c(O)c2)C(C(=O)c2cccc(C(F)(F)F)c2)C12C(=O)Nc1ccccc12. The summed E-state index contributed by atoms with van der Waals surface area (Å²) < 4.78 is 40.2. The molecule has 0 radical (unpaired) electrons. The van der Waals surface area contributed by atoms with E-state index in [1.165, 1.54) is 30.3 Å². The number of benzene rings is 3. The maximum absolute atomic E-state index is 14.0. The third kappa shape index (κ3) is 3.37. The number of hydrogen-bond acceptors (Lipinski definition) is 5. The van der Waals surface area contributed by atoms with Crippen molar-refractivity contribution in [3.8, 4) is 11.5 Å². The van der Waals surface area contributed by atoms with Gasteiger partial charge in [0.05, 0.1) is 11.5 Å². The molecule has 3 atom stereocenters. The van der Waals surface area contributed by atoms with E-state index in [0.717, 1.165) is 12.1 Å². The van der Waals surface area contributed by atoms with Crippen molar-refractivity contribution in [2.45, 2.75) is 17.6 Å². The minimum absolute atomic E-state index is 0.162. The molecule has 3 unspecified atom stereocenters. The number of likely N-dealkylation sites (N-methyl/N-ethyl adjacent to an activating group) is 1. The van der Waals surface area contributed by atoms with Gasteiger partial charge >= 0.3 is 6.18 Å². The van der Waals surface area contributed by atoms with Crippen molar-refractivity contribution >= 4 is 17.4 Å². The first-order valence-corrected chi connectivity index (χ1v) is 10.9. The average molecular weight is 482 g/mol.